The molecule has 1 heterocycles. The molecule has 1 unspecified atom stereocenters. The molecule has 1 aliphatic heterocycles. The van der Waals surface area contributed by atoms with E-state index in [-0.39, 0.29) is 59.5 Å². The van der Waals surface area contributed by atoms with Gasteiger partial charge in [0.1, 0.15) is 11.5 Å². The first-order valence-corrected chi connectivity index (χ1v) is 9.38. The molecule has 1 aromatic rings. The highest BCUT2D eigenvalue weighted by molar-refractivity contribution is 8.04. The average molecular weight is 418 g/mol. The van der Waals surface area contributed by atoms with Gasteiger partial charge in [0.25, 0.3) is 0 Å². The van der Waals surface area contributed by atoms with Crippen molar-refractivity contribution in [3.63, 3.8) is 0 Å². The Kier molecular flexibility index (Phi) is 5.77. The summed E-state index contributed by atoms with van der Waals surface area (Å²) in [5, 5.41) is 5.92. The van der Waals surface area contributed by atoms with Crippen molar-refractivity contribution in [2.45, 2.75) is 43.2 Å². The molecule has 9 heteroatoms. The number of benzene rings is 1. The lowest BCUT2D eigenvalue weighted by Gasteiger charge is -2.34. The van der Waals surface area contributed by atoms with E-state index in [0.29, 0.717) is 11.3 Å². The highest BCUT2D eigenvalue weighted by atomic mass is 32.2. The summed E-state index contributed by atoms with van der Waals surface area (Å²) < 4.78 is 62.9. The average Bonchev–Trinajstić information content (AvgIpc) is 2.65. The van der Waals surface area contributed by atoms with E-state index in [1.54, 1.807) is 24.3 Å². The number of allylic oxidation sites excluding steroid dienone is 3. The summed E-state index contributed by atoms with van der Waals surface area (Å²) in [6, 6.07) is 6.86. The van der Waals surface area contributed by atoms with Crippen molar-refractivity contribution < 1.29 is 36.9 Å². The van der Waals surface area contributed by atoms with Crippen LogP contribution in [0.1, 0.15) is 37.4 Å². The fraction of sp³-hybridized carbons (Fsp3) is 0.421. The number of para-hydroxylation sites is 1. The largest absolute Gasteiger partial charge is 0.496 e. The molecule has 2 aliphatic rings. The van der Waals surface area contributed by atoms with Crippen molar-refractivity contribution in [1.29, 1.82) is 0 Å². The van der Waals surface area contributed by atoms with Gasteiger partial charge < -0.3 is 14.6 Å². The second kappa shape index (κ2) is 7.79. The fourth-order valence-electron chi connectivity index (χ4n) is 3.03. The normalized spacial score (nSPS) is 21.3. The first-order valence-electron chi connectivity index (χ1n) is 8.56. The number of halogens is 4. The maximum atomic E-state index is 13.5. The van der Waals surface area contributed by atoms with E-state index >= 15 is 0 Å². The molecule has 0 fully saturated rings. The zero-order chi connectivity index (χ0) is 20.5. The van der Waals surface area contributed by atoms with Crippen molar-refractivity contribution in [2.24, 2.45) is 0 Å². The van der Waals surface area contributed by atoms with Crippen molar-refractivity contribution >= 4 is 17.5 Å². The SMILES string of the molecule is COc1ccccc1C(O)CCC(=O)C1=CC2=C(CC1)OC(F)(F)C(F)(F)S2. The number of ether oxygens (including phenoxy) is 2. The van der Waals surface area contributed by atoms with Crippen LogP contribution < -0.4 is 4.74 Å². The van der Waals surface area contributed by atoms with E-state index in [1.165, 1.54) is 13.2 Å². The molecule has 1 aromatic carbocycles. The van der Waals surface area contributed by atoms with Crippen LogP contribution in [0.4, 0.5) is 17.6 Å². The van der Waals surface area contributed by atoms with E-state index in [4.69, 9.17) is 4.74 Å². The molecule has 1 N–H and O–H groups in total. The van der Waals surface area contributed by atoms with Gasteiger partial charge >= 0.3 is 11.4 Å². The Hall–Kier alpha value is -2.00. The third kappa shape index (κ3) is 4.05. The number of hydrogen-bond donors (Lipinski definition) is 1. The van der Waals surface area contributed by atoms with Crippen molar-refractivity contribution in [1.82, 2.24) is 0 Å². The molecule has 3 rings (SSSR count). The number of methoxy groups -OCH3 is 1. The van der Waals surface area contributed by atoms with E-state index < -0.39 is 17.5 Å². The first-order chi connectivity index (χ1) is 13.1. The van der Waals surface area contributed by atoms with Gasteiger partial charge in [0.15, 0.2) is 5.78 Å². The van der Waals surface area contributed by atoms with Gasteiger partial charge in [0.2, 0.25) is 0 Å². The molecule has 0 saturated heterocycles. The predicted octanol–water partition coefficient (Wildman–Crippen LogP) is 4.96. The molecular weight excluding hydrogens is 400 g/mol. The smallest absolute Gasteiger partial charge is 0.475 e. The molecule has 0 aromatic heterocycles. The molecule has 4 nitrogen and oxygen atoms in total. The molecule has 0 radical (unpaired) electrons. The van der Waals surface area contributed by atoms with Gasteiger partial charge in [-0.3, -0.25) is 4.79 Å². The zero-order valence-electron chi connectivity index (χ0n) is 14.9. The number of carbonyl (C=O) groups is 1. The summed E-state index contributed by atoms with van der Waals surface area (Å²) in [5.74, 6) is -0.0682. The topological polar surface area (TPSA) is 55.8 Å². The van der Waals surface area contributed by atoms with Crippen LogP contribution >= 0.6 is 11.8 Å². The summed E-state index contributed by atoms with van der Waals surface area (Å²) >= 11 is -0.296. The summed E-state index contributed by atoms with van der Waals surface area (Å²) in [6.45, 7) is 0. The van der Waals surface area contributed by atoms with Gasteiger partial charge in [0, 0.05) is 18.4 Å². The van der Waals surface area contributed by atoms with Crippen LogP contribution in [-0.4, -0.2) is 29.4 Å². The van der Waals surface area contributed by atoms with Gasteiger partial charge in [-0.2, -0.15) is 17.6 Å². The number of aliphatic hydroxyl groups excluding tert-OH is 1. The number of aliphatic hydroxyl groups is 1. The lowest BCUT2D eigenvalue weighted by molar-refractivity contribution is -0.300. The molecule has 28 heavy (non-hydrogen) atoms. The lowest BCUT2D eigenvalue weighted by Crippen LogP contribution is -2.43. The van der Waals surface area contributed by atoms with Gasteiger partial charge in [0.05, 0.1) is 18.1 Å². The summed E-state index contributed by atoms with van der Waals surface area (Å²) in [7, 11) is 1.47. The van der Waals surface area contributed by atoms with Crippen LogP contribution in [-0.2, 0) is 9.53 Å². The van der Waals surface area contributed by atoms with E-state index in [9.17, 15) is 27.5 Å². The number of ketones is 1. The lowest BCUT2D eigenvalue weighted by atomic mass is 9.95. The number of carbonyl (C=O) groups excluding carboxylic acids is 1. The van der Waals surface area contributed by atoms with Gasteiger partial charge in [-0.25, -0.2) is 0 Å². The molecule has 0 saturated carbocycles. The Bertz CT molecular complexity index is 835. The molecule has 0 spiro atoms. The maximum absolute atomic E-state index is 13.5. The molecular formula is C19H18F4O4S. The zero-order valence-corrected chi connectivity index (χ0v) is 15.7. The van der Waals surface area contributed by atoms with E-state index in [2.05, 4.69) is 4.74 Å². The third-order valence-corrected chi connectivity index (χ3v) is 5.59. The maximum Gasteiger partial charge on any atom is 0.475 e. The van der Waals surface area contributed by atoms with Gasteiger partial charge in [-0.1, -0.05) is 18.2 Å². The Morgan fingerprint density at radius 2 is 2.00 bits per heavy atom. The summed E-state index contributed by atoms with van der Waals surface area (Å²) in [5.41, 5.74) is 0.793. The minimum atomic E-state index is -4.58. The Morgan fingerprint density at radius 3 is 2.71 bits per heavy atom. The molecule has 0 amide bonds. The number of rotatable bonds is 6. The highest BCUT2D eigenvalue weighted by Gasteiger charge is 2.63. The minimum Gasteiger partial charge on any atom is -0.496 e. The quantitative estimate of drug-likeness (QED) is 0.662. The molecule has 0 bridgehead atoms. The van der Waals surface area contributed by atoms with Crippen molar-refractivity contribution in [2.75, 3.05) is 7.11 Å². The summed E-state index contributed by atoms with van der Waals surface area (Å²) in [6.07, 6.45) is -4.18. The van der Waals surface area contributed by atoms with Crippen LogP contribution in [0.2, 0.25) is 0 Å². The second-order valence-corrected chi connectivity index (χ2v) is 7.57. The van der Waals surface area contributed by atoms with Crippen LogP contribution in [0.3, 0.4) is 0 Å². The van der Waals surface area contributed by atoms with Crippen LogP contribution in [0.5, 0.6) is 5.75 Å². The Labute approximate surface area is 163 Å². The van der Waals surface area contributed by atoms with Crippen LogP contribution in [0, 0.1) is 0 Å². The van der Waals surface area contributed by atoms with Crippen molar-refractivity contribution in [3.8, 4) is 5.75 Å². The minimum absolute atomic E-state index is 0.0221. The monoisotopic (exact) mass is 418 g/mol. The number of Topliss-reactive ketones (excluding diaryl/α,β-unsaturated/α-hetero) is 1. The van der Waals surface area contributed by atoms with Gasteiger partial charge in [-0.15, -0.1) is 0 Å². The highest BCUT2D eigenvalue weighted by Crippen LogP contribution is 2.55. The molecule has 152 valence electrons. The molecule has 1 aliphatic carbocycles. The third-order valence-electron chi connectivity index (χ3n) is 4.53. The van der Waals surface area contributed by atoms with Gasteiger partial charge in [-0.05, 0) is 42.3 Å². The molecule has 1 atom stereocenters. The first kappa shape index (κ1) is 20.7. The van der Waals surface area contributed by atoms with E-state index in [1.807, 2.05) is 0 Å². The second-order valence-electron chi connectivity index (χ2n) is 6.41. The van der Waals surface area contributed by atoms with Crippen LogP contribution in [0.15, 0.2) is 46.6 Å². The number of alkyl halides is 4. The Balaban J connectivity index is 1.67. The summed E-state index contributed by atoms with van der Waals surface area (Å²) in [4.78, 5) is 12.3. The van der Waals surface area contributed by atoms with Crippen LogP contribution in [0.25, 0.3) is 0 Å². The Morgan fingerprint density at radius 1 is 1.29 bits per heavy atom. The fourth-order valence-corrected chi connectivity index (χ4v) is 3.92. The van der Waals surface area contributed by atoms with Crippen molar-refractivity contribution in [3.05, 3.63) is 52.1 Å². The number of hydrogen-bond acceptors (Lipinski definition) is 5. The predicted molar refractivity (Wildman–Crippen MR) is 95.1 cm³/mol. The standard InChI is InChI=1S/C19H18F4O4S/c1-26-15-5-3-2-4-12(15)14(25)8-7-13(24)11-6-9-16-17(10-11)28-19(22,23)18(20,21)27-16/h2-5,10,14,25H,6-9H2,1H3. The van der Waals surface area contributed by atoms with E-state index in [0.717, 1.165) is 0 Å². The number of thioether (sulfide) groups is 1.